The van der Waals surface area contributed by atoms with Gasteiger partial charge in [-0.25, -0.2) is 0 Å². The first-order valence-corrected chi connectivity index (χ1v) is 4.61. The van der Waals surface area contributed by atoms with Crippen molar-refractivity contribution in [2.24, 2.45) is 5.73 Å². The Bertz CT molecular complexity index is 157. The highest BCUT2D eigenvalue weighted by Crippen LogP contribution is 1.92. The molecule has 0 aromatic rings. The number of hydrogen-bond donors (Lipinski definition) is 2. The van der Waals surface area contributed by atoms with Crippen LogP contribution in [0.1, 0.15) is 0 Å². The van der Waals surface area contributed by atoms with E-state index in [0.29, 0.717) is 19.7 Å². The largest absolute Gasteiger partial charge is 0.463 e. The summed E-state index contributed by atoms with van der Waals surface area (Å²) < 4.78 is 4.87. The van der Waals surface area contributed by atoms with Gasteiger partial charge in [0, 0.05) is 32.7 Å². The topological polar surface area (TPSA) is 67.6 Å². The molecule has 0 unspecified atom stereocenters. The van der Waals surface area contributed by atoms with Gasteiger partial charge in [0.05, 0.1) is 6.54 Å². The van der Waals surface area contributed by atoms with Crippen LogP contribution in [0.5, 0.6) is 0 Å². The molecule has 0 bridgehead atoms. The van der Waals surface area contributed by atoms with Gasteiger partial charge in [0.1, 0.15) is 6.61 Å². The number of piperazine rings is 1. The first-order chi connectivity index (χ1) is 6.33. The molecule has 13 heavy (non-hydrogen) atoms. The van der Waals surface area contributed by atoms with Crippen molar-refractivity contribution in [3.63, 3.8) is 0 Å². The minimum atomic E-state index is -0.174. The first kappa shape index (κ1) is 10.4. The predicted octanol–water partition coefficient (Wildman–Crippen LogP) is -1.61. The number of nitrogens with one attached hydrogen (secondary N) is 1. The molecule has 0 aliphatic carbocycles. The van der Waals surface area contributed by atoms with Crippen LogP contribution in [0.15, 0.2) is 0 Å². The van der Waals surface area contributed by atoms with E-state index >= 15 is 0 Å². The lowest BCUT2D eigenvalue weighted by atomic mass is 10.3. The van der Waals surface area contributed by atoms with E-state index in [0.717, 1.165) is 26.2 Å². The number of hydrogen-bond acceptors (Lipinski definition) is 5. The summed E-state index contributed by atoms with van der Waals surface area (Å²) in [6.45, 7) is 4.84. The molecule has 1 heterocycles. The molecule has 76 valence electrons. The number of carbonyl (C=O) groups is 1. The van der Waals surface area contributed by atoms with E-state index in [-0.39, 0.29) is 5.97 Å². The second-order valence-electron chi connectivity index (χ2n) is 3.04. The van der Waals surface area contributed by atoms with Crippen LogP contribution < -0.4 is 11.1 Å². The van der Waals surface area contributed by atoms with Crippen molar-refractivity contribution < 1.29 is 9.53 Å². The Hall–Kier alpha value is -0.650. The molecule has 0 saturated carbocycles. The van der Waals surface area contributed by atoms with Crippen LogP contribution in [0.2, 0.25) is 0 Å². The number of carbonyl (C=O) groups excluding carboxylic acids is 1. The maximum Gasteiger partial charge on any atom is 0.320 e. The minimum Gasteiger partial charge on any atom is -0.463 e. The van der Waals surface area contributed by atoms with Gasteiger partial charge in [-0.3, -0.25) is 9.69 Å². The van der Waals surface area contributed by atoms with Crippen LogP contribution in [0, 0.1) is 0 Å². The summed E-state index contributed by atoms with van der Waals surface area (Å²) in [6, 6.07) is 0. The summed E-state index contributed by atoms with van der Waals surface area (Å²) in [5.41, 5.74) is 5.21. The van der Waals surface area contributed by atoms with E-state index in [4.69, 9.17) is 10.5 Å². The average Bonchev–Trinajstić information content (AvgIpc) is 2.16. The Balaban J connectivity index is 2.11. The lowest BCUT2D eigenvalue weighted by Gasteiger charge is -2.25. The molecular formula is C8H17N3O2. The van der Waals surface area contributed by atoms with Gasteiger partial charge in [-0.05, 0) is 0 Å². The fourth-order valence-electron chi connectivity index (χ4n) is 1.27. The van der Waals surface area contributed by atoms with Crippen LogP contribution in [0.4, 0.5) is 0 Å². The number of nitrogens with zero attached hydrogens (tertiary/aromatic N) is 1. The van der Waals surface area contributed by atoms with E-state index < -0.39 is 0 Å². The average molecular weight is 187 g/mol. The molecule has 1 fully saturated rings. The number of ether oxygens (including phenoxy) is 1. The third-order valence-corrected chi connectivity index (χ3v) is 1.94. The van der Waals surface area contributed by atoms with Crippen molar-refractivity contribution in [2.75, 3.05) is 45.9 Å². The maximum absolute atomic E-state index is 11.1. The van der Waals surface area contributed by atoms with Crippen LogP contribution in [-0.2, 0) is 9.53 Å². The standard InChI is InChI=1S/C8H17N3O2/c9-1-6-13-8(12)7-11-4-2-10-3-5-11/h10H,1-7,9H2. The SMILES string of the molecule is NCCOC(=O)CN1CCNCC1. The van der Waals surface area contributed by atoms with E-state index in [1.807, 2.05) is 0 Å². The molecule has 0 amide bonds. The quantitative estimate of drug-likeness (QED) is 0.518. The summed E-state index contributed by atoms with van der Waals surface area (Å²) in [6.07, 6.45) is 0. The molecule has 1 aliphatic heterocycles. The Morgan fingerprint density at radius 2 is 2.15 bits per heavy atom. The van der Waals surface area contributed by atoms with E-state index in [1.165, 1.54) is 0 Å². The molecule has 5 nitrogen and oxygen atoms in total. The van der Waals surface area contributed by atoms with Crippen LogP contribution in [0.3, 0.4) is 0 Å². The fourth-order valence-corrected chi connectivity index (χ4v) is 1.27. The zero-order chi connectivity index (χ0) is 9.52. The summed E-state index contributed by atoms with van der Waals surface area (Å²) >= 11 is 0. The van der Waals surface area contributed by atoms with Gasteiger partial charge in [0.15, 0.2) is 0 Å². The van der Waals surface area contributed by atoms with E-state index in [2.05, 4.69) is 10.2 Å². The molecule has 0 aromatic carbocycles. The van der Waals surface area contributed by atoms with Crippen LogP contribution in [-0.4, -0.2) is 56.7 Å². The molecule has 0 radical (unpaired) electrons. The van der Waals surface area contributed by atoms with E-state index in [1.54, 1.807) is 0 Å². The highest BCUT2D eigenvalue weighted by molar-refractivity contribution is 5.71. The Kier molecular flexibility index (Phi) is 4.74. The van der Waals surface area contributed by atoms with Crippen molar-refractivity contribution in [3.8, 4) is 0 Å². The summed E-state index contributed by atoms with van der Waals surface area (Å²) in [5.74, 6) is -0.174. The van der Waals surface area contributed by atoms with Crippen molar-refractivity contribution in [2.45, 2.75) is 0 Å². The second kappa shape index (κ2) is 5.90. The highest BCUT2D eigenvalue weighted by Gasteiger charge is 2.13. The Labute approximate surface area is 78.2 Å². The summed E-state index contributed by atoms with van der Waals surface area (Å²) in [5, 5.41) is 3.22. The first-order valence-electron chi connectivity index (χ1n) is 4.61. The van der Waals surface area contributed by atoms with Gasteiger partial charge in [-0.2, -0.15) is 0 Å². The predicted molar refractivity (Wildman–Crippen MR) is 49.3 cm³/mol. The van der Waals surface area contributed by atoms with Gasteiger partial charge < -0.3 is 15.8 Å². The van der Waals surface area contributed by atoms with Crippen LogP contribution in [0.25, 0.3) is 0 Å². The molecular weight excluding hydrogens is 170 g/mol. The van der Waals surface area contributed by atoms with Gasteiger partial charge in [0.2, 0.25) is 0 Å². The number of esters is 1. The van der Waals surface area contributed by atoms with Gasteiger partial charge in [-0.1, -0.05) is 0 Å². The third-order valence-electron chi connectivity index (χ3n) is 1.94. The Morgan fingerprint density at radius 1 is 1.46 bits per heavy atom. The zero-order valence-electron chi connectivity index (χ0n) is 7.79. The molecule has 0 aromatic heterocycles. The van der Waals surface area contributed by atoms with Crippen molar-refractivity contribution in [1.82, 2.24) is 10.2 Å². The van der Waals surface area contributed by atoms with Crippen molar-refractivity contribution in [1.29, 1.82) is 0 Å². The normalized spacial score (nSPS) is 18.5. The monoisotopic (exact) mass is 187 g/mol. The molecule has 1 aliphatic rings. The molecule has 0 spiro atoms. The highest BCUT2D eigenvalue weighted by atomic mass is 16.5. The van der Waals surface area contributed by atoms with Gasteiger partial charge in [-0.15, -0.1) is 0 Å². The summed E-state index contributed by atoms with van der Waals surface area (Å²) in [7, 11) is 0. The fraction of sp³-hybridized carbons (Fsp3) is 0.875. The van der Waals surface area contributed by atoms with Crippen LogP contribution >= 0.6 is 0 Å². The summed E-state index contributed by atoms with van der Waals surface area (Å²) in [4.78, 5) is 13.2. The maximum atomic E-state index is 11.1. The van der Waals surface area contributed by atoms with Gasteiger partial charge in [0.25, 0.3) is 0 Å². The lowest BCUT2D eigenvalue weighted by molar-refractivity contribution is -0.144. The van der Waals surface area contributed by atoms with Crippen molar-refractivity contribution in [3.05, 3.63) is 0 Å². The smallest absolute Gasteiger partial charge is 0.320 e. The number of rotatable bonds is 4. The van der Waals surface area contributed by atoms with Gasteiger partial charge >= 0.3 is 5.97 Å². The minimum absolute atomic E-state index is 0.174. The number of nitrogens with two attached hydrogens (primary N) is 1. The Morgan fingerprint density at radius 3 is 2.77 bits per heavy atom. The third kappa shape index (κ3) is 4.21. The molecule has 0 atom stereocenters. The zero-order valence-corrected chi connectivity index (χ0v) is 7.79. The second-order valence-corrected chi connectivity index (χ2v) is 3.04. The molecule has 1 rings (SSSR count). The van der Waals surface area contributed by atoms with Crippen molar-refractivity contribution >= 4 is 5.97 Å². The van der Waals surface area contributed by atoms with E-state index in [9.17, 15) is 4.79 Å². The molecule has 3 N–H and O–H groups in total. The molecule has 1 saturated heterocycles. The lowest BCUT2D eigenvalue weighted by Crippen LogP contribution is -2.45. The molecule has 5 heteroatoms.